The number of amidine groups is 1. The van der Waals surface area contributed by atoms with Gasteiger partial charge in [-0.15, -0.1) is 0 Å². The highest BCUT2D eigenvalue weighted by atomic mass is 79.9. The van der Waals surface area contributed by atoms with E-state index in [9.17, 15) is 0 Å². The van der Waals surface area contributed by atoms with Gasteiger partial charge < -0.3 is 10.1 Å². The first-order chi connectivity index (χ1) is 10.3. The van der Waals surface area contributed by atoms with Gasteiger partial charge in [-0.3, -0.25) is 0 Å². The fraction of sp³-hybridized carbons (Fsp3) is 0.235. The molecule has 1 aliphatic heterocycles. The second-order valence-corrected chi connectivity index (χ2v) is 6.32. The zero-order valence-electron chi connectivity index (χ0n) is 11.5. The number of anilines is 1. The maximum Gasteiger partial charge on any atom is 0.290 e. The molecule has 1 aliphatic carbocycles. The minimum Gasteiger partial charge on any atom is -0.460 e. The minimum absolute atomic E-state index is 0.209. The van der Waals surface area contributed by atoms with Crippen LogP contribution >= 0.6 is 15.9 Å². The Morgan fingerprint density at radius 2 is 2.05 bits per heavy atom. The first-order valence-corrected chi connectivity index (χ1v) is 7.93. The van der Waals surface area contributed by atoms with E-state index in [1.54, 1.807) is 0 Å². The zero-order chi connectivity index (χ0) is 14.2. The lowest BCUT2D eigenvalue weighted by atomic mass is 10.1. The first kappa shape index (κ1) is 12.9. The molecule has 2 aromatic carbocycles. The number of benzene rings is 2. The second-order valence-electron chi connectivity index (χ2n) is 5.40. The fourth-order valence-electron chi connectivity index (χ4n) is 2.98. The molecule has 0 amide bonds. The molecule has 2 aliphatic rings. The summed E-state index contributed by atoms with van der Waals surface area (Å²) in [5.41, 5.74) is 4.97. The molecule has 21 heavy (non-hydrogen) atoms. The van der Waals surface area contributed by atoms with Gasteiger partial charge in [0.15, 0.2) is 0 Å². The molecule has 0 saturated heterocycles. The molecule has 0 bridgehead atoms. The molecule has 1 heterocycles. The summed E-state index contributed by atoms with van der Waals surface area (Å²) in [5, 5.41) is 3.29. The summed E-state index contributed by atoms with van der Waals surface area (Å²) in [7, 11) is 0. The first-order valence-electron chi connectivity index (χ1n) is 7.13. The zero-order valence-corrected chi connectivity index (χ0v) is 13.1. The second kappa shape index (κ2) is 5.19. The summed E-state index contributed by atoms with van der Waals surface area (Å²) in [6, 6.07) is 15.5. The van der Waals surface area contributed by atoms with Crippen molar-refractivity contribution < 1.29 is 4.74 Å². The number of fused-ring (bicyclic) bond motifs is 2. The summed E-state index contributed by atoms with van der Waals surface area (Å²) in [6.07, 6.45) is 2.15. The highest BCUT2D eigenvalue weighted by Crippen LogP contribution is 2.34. The van der Waals surface area contributed by atoms with E-state index in [1.807, 2.05) is 6.07 Å². The fourth-order valence-corrected chi connectivity index (χ4v) is 3.39. The number of hydrogen-bond donors (Lipinski definition) is 1. The van der Waals surface area contributed by atoms with Gasteiger partial charge in [-0.05, 0) is 42.2 Å². The normalized spacial score (nSPS) is 21.4. The molecule has 0 aromatic heterocycles. The monoisotopic (exact) mass is 342 g/mol. The predicted octanol–water partition coefficient (Wildman–Crippen LogP) is 4.43. The molecule has 4 heteroatoms. The Morgan fingerprint density at radius 1 is 1.14 bits per heavy atom. The third-order valence-electron chi connectivity index (χ3n) is 4.05. The van der Waals surface area contributed by atoms with Crippen LogP contribution in [0.4, 0.5) is 5.69 Å². The minimum atomic E-state index is 0.209. The summed E-state index contributed by atoms with van der Waals surface area (Å²) in [4.78, 5) is 4.77. The van der Waals surface area contributed by atoms with Gasteiger partial charge in [0.25, 0.3) is 6.02 Å². The van der Waals surface area contributed by atoms with Crippen molar-refractivity contribution in [2.75, 3.05) is 5.32 Å². The molecule has 0 unspecified atom stereocenters. The number of nitrogens with zero attached hydrogens (tertiary/aromatic N) is 1. The average molecular weight is 343 g/mol. The van der Waals surface area contributed by atoms with Crippen molar-refractivity contribution in [1.82, 2.24) is 0 Å². The number of halogens is 1. The van der Waals surface area contributed by atoms with E-state index in [2.05, 4.69) is 57.6 Å². The third-order valence-corrected chi connectivity index (χ3v) is 4.54. The van der Waals surface area contributed by atoms with Gasteiger partial charge in [-0.25, -0.2) is 4.99 Å². The lowest BCUT2D eigenvalue weighted by Gasteiger charge is -2.21. The molecular weight excluding hydrogens is 328 g/mol. The number of rotatable bonds is 1. The van der Waals surface area contributed by atoms with Gasteiger partial charge in [0.2, 0.25) is 0 Å². The Kier molecular flexibility index (Phi) is 3.19. The number of ether oxygens (including phenoxy) is 1. The Balaban J connectivity index is 1.60. The standard InChI is InChI=1S/C17H15BrN2O/c18-13-6-8-15-12(9-13)10-21-17(19-15)20-16-7-5-11-3-1-2-4-14(11)16/h1-4,6,8-9,16H,5,7,10H2,(H,19,20)/t16-/m1/s1. The van der Waals surface area contributed by atoms with Gasteiger partial charge in [0, 0.05) is 15.7 Å². The molecule has 106 valence electrons. The Morgan fingerprint density at radius 3 is 3.00 bits per heavy atom. The van der Waals surface area contributed by atoms with Gasteiger partial charge in [-0.2, -0.15) is 0 Å². The Hall–Kier alpha value is -1.81. The molecule has 1 atom stereocenters. The van der Waals surface area contributed by atoms with E-state index in [4.69, 9.17) is 9.73 Å². The highest BCUT2D eigenvalue weighted by molar-refractivity contribution is 9.10. The lowest BCUT2D eigenvalue weighted by molar-refractivity contribution is 0.282. The number of aryl methyl sites for hydroxylation is 1. The van der Waals surface area contributed by atoms with Crippen LogP contribution in [-0.2, 0) is 17.8 Å². The molecule has 2 aromatic rings. The average Bonchev–Trinajstić information content (AvgIpc) is 2.91. The van der Waals surface area contributed by atoms with Gasteiger partial charge in [0.1, 0.15) is 6.61 Å². The summed E-state index contributed by atoms with van der Waals surface area (Å²) < 4.78 is 6.82. The van der Waals surface area contributed by atoms with E-state index in [-0.39, 0.29) is 6.04 Å². The van der Waals surface area contributed by atoms with Crippen molar-refractivity contribution in [1.29, 1.82) is 0 Å². The van der Waals surface area contributed by atoms with E-state index in [0.717, 1.165) is 28.6 Å². The molecule has 1 N–H and O–H groups in total. The van der Waals surface area contributed by atoms with Crippen LogP contribution in [0, 0.1) is 0 Å². The van der Waals surface area contributed by atoms with Gasteiger partial charge in [-0.1, -0.05) is 40.2 Å². The van der Waals surface area contributed by atoms with E-state index >= 15 is 0 Å². The van der Waals surface area contributed by atoms with Crippen LogP contribution in [0.1, 0.15) is 29.2 Å². The SMILES string of the molecule is Brc1ccc2c(c1)COC(=N[C@@H]1CCc3ccccc31)N2. The van der Waals surface area contributed by atoms with E-state index in [1.165, 1.54) is 11.1 Å². The van der Waals surface area contributed by atoms with Crippen LogP contribution in [0.25, 0.3) is 0 Å². The van der Waals surface area contributed by atoms with Crippen molar-refractivity contribution in [3.63, 3.8) is 0 Å². The maximum atomic E-state index is 5.75. The highest BCUT2D eigenvalue weighted by Gasteiger charge is 2.23. The lowest BCUT2D eigenvalue weighted by Crippen LogP contribution is -2.23. The summed E-state index contributed by atoms with van der Waals surface area (Å²) in [5.74, 6) is 0. The van der Waals surface area contributed by atoms with Crippen LogP contribution in [0.2, 0.25) is 0 Å². The predicted molar refractivity (Wildman–Crippen MR) is 87.5 cm³/mol. The van der Waals surface area contributed by atoms with Crippen LogP contribution in [0.3, 0.4) is 0 Å². The largest absolute Gasteiger partial charge is 0.460 e. The molecule has 0 radical (unpaired) electrons. The topological polar surface area (TPSA) is 33.6 Å². The van der Waals surface area contributed by atoms with Crippen LogP contribution in [0.5, 0.6) is 0 Å². The third kappa shape index (κ3) is 2.44. The molecule has 0 fully saturated rings. The van der Waals surface area contributed by atoms with Crippen molar-refractivity contribution >= 4 is 27.6 Å². The molecular formula is C17H15BrN2O. The Bertz CT molecular complexity index is 726. The van der Waals surface area contributed by atoms with Crippen LogP contribution < -0.4 is 5.32 Å². The van der Waals surface area contributed by atoms with E-state index in [0.29, 0.717) is 12.6 Å². The summed E-state index contributed by atoms with van der Waals surface area (Å²) in [6.45, 7) is 0.564. The van der Waals surface area contributed by atoms with Crippen molar-refractivity contribution in [2.24, 2.45) is 4.99 Å². The quantitative estimate of drug-likeness (QED) is 0.831. The van der Waals surface area contributed by atoms with Crippen molar-refractivity contribution in [2.45, 2.75) is 25.5 Å². The van der Waals surface area contributed by atoms with Gasteiger partial charge >= 0.3 is 0 Å². The number of hydrogen-bond acceptors (Lipinski definition) is 2. The van der Waals surface area contributed by atoms with E-state index < -0.39 is 0 Å². The molecule has 4 rings (SSSR count). The number of nitrogens with one attached hydrogen (secondary N) is 1. The van der Waals surface area contributed by atoms with Crippen LogP contribution in [-0.4, -0.2) is 6.02 Å². The molecule has 0 spiro atoms. The van der Waals surface area contributed by atoms with Crippen molar-refractivity contribution in [3.05, 3.63) is 63.6 Å². The molecule has 3 nitrogen and oxygen atoms in total. The maximum absolute atomic E-state index is 5.75. The molecule has 0 saturated carbocycles. The van der Waals surface area contributed by atoms with Gasteiger partial charge in [0.05, 0.1) is 6.04 Å². The number of aliphatic imine (C=N–C) groups is 1. The smallest absolute Gasteiger partial charge is 0.290 e. The van der Waals surface area contributed by atoms with Crippen LogP contribution in [0.15, 0.2) is 51.9 Å². The summed E-state index contributed by atoms with van der Waals surface area (Å²) >= 11 is 3.48. The van der Waals surface area contributed by atoms with Crippen molar-refractivity contribution in [3.8, 4) is 0 Å². The Labute approximate surface area is 132 Å².